The Morgan fingerprint density at radius 3 is 1.86 bits per heavy atom. The van der Waals surface area contributed by atoms with Crippen LogP contribution >= 0.6 is 0 Å². The third kappa shape index (κ3) is 2.09. The molecule has 0 bridgehead atoms. The SMILES string of the molecule is CC(C)(C)C1=C[C]([Fe])(C(C)(C)C)N=N1. The molecule has 0 aromatic rings. The molecule has 81 valence electrons. The Morgan fingerprint density at radius 2 is 1.64 bits per heavy atom. The van der Waals surface area contributed by atoms with Gasteiger partial charge in [0.05, 0.1) is 0 Å². The summed E-state index contributed by atoms with van der Waals surface area (Å²) in [5.41, 5.74) is 1.12. The number of rotatable bonds is 0. The summed E-state index contributed by atoms with van der Waals surface area (Å²) in [4.78, 5) is 0. The van der Waals surface area contributed by atoms with Crippen molar-refractivity contribution in [1.82, 2.24) is 0 Å². The van der Waals surface area contributed by atoms with Gasteiger partial charge in [0.2, 0.25) is 0 Å². The summed E-state index contributed by atoms with van der Waals surface area (Å²) in [6.45, 7) is 12.9. The third-order valence-electron chi connectivity index (χ3n) is 2.43. The van der Waals surface area contributed by atoms with E-state index in [9.17, 15) is 0 Å². The van der Waals surface area contributed by atoms with Crippen molar-refractivity contribution in [3.63, 3.8) is 0 Å². The van der Waals surface area contributed by atoms with Gasteiger partial charge in [0.1, 0.15) is 0 Å². The van der Waals surface area contributed by atoms with Gasteiger partial charge in [-0.1, -0.05) is 0 Å². The molecule has 0 aromatic heterocycles. The molecule has 1 aliphatic heterocycles. The number of azo groups is 1. The molecule has 2 nitrogen and oxygen atoms in total. The molecule has 1 aliphatic rings. The van der Waals surface area contributed by atoms with Gasteiger partial charge in [-0.05, 0) is 0 Å². The standard InChI is InChI=1S/C11H19N2.Fe/c1-10(2,3)8-7-9(13-12-8)11(4,5)6;/h7H,1-6H3;. The van der Waals surface area contributed by atoms with E-state index in [4.69, 9.17) is 0 Å². The average molecular weight is 235 g/mol. The molecule has 0 spiro atoms. The molecule has 0 aromatic carbocycles. The number of hydrogen-bond donors (Lipinski definition) is 0. The van der Waals surface area contributed by atoms with Crippen molar-refractivity contribution in [2.24, 2.45) is 21.1 Å². The summed E-state index contributed by atoms with van der Waals surface area (Å²) >= 11 is 4.17. The van der Waals surface area contributed by atoms with Gasteiger partial charge in [-0.3, -0.25) is 0 Å². The third-order valence-corrected chi connectivity index (χ3v) is 3.53. The van der Waals surface area contributed by atoms with E-state index in [1.54, 1.807) is 0 Å². The minimum atomic E-state index is -0.393. The second-order valence-electron chi connectivity index (χ2n) is 5.88. The summed E-state index contributed by atoms with van der Waals surface area (Å²) in [6.07, 6.45) is 2.10. The second kappa shape index (κ2) is 3.18. The molecular formula is C11H19FeN2. The summed E-state index contributed by atoms with van der Waals surface area (Å²) in [5, 5.41) is 8.56. The van der Waals surface area contributed by atoms with Crippen LogP contribution in [-0.4, -0.2) is 4.44 Å². The Kier molecular flexibility index (Phi) is 2.71. The van der Waals surface area contributed by atoms with Gasteiger partial charge >= 0.3 is 94.8 Å². The van der Waals surface area contributed by atoms with Crippen LogP contribution in [0.25, 0.3) is 0 Å². The van der Waals surface area contributed by atoms with Crippen LogP contribution < -0.4 is 0 Å². The molecule has 3 heteroatoms. The molecule has 0 saturated carbocycles. The van der Waals surface area contributed by atoms with Crippen molar-refractivity contribution in [1.29, 1.82) is 0 Å². The van der Waals surface area contributed by atoms with Gasteiger partial charge in [0.15, 0.2) is 0 Å². The van der Waals surface area contributed by atoms with Gasteiger partial charge in [-0.25, -0.2) is 0 Å². The van der Waals surface area contributed by atoms with Crippen molar-refractivity contribution < 1.29 is 16.0 Å². The molecule has 0 aliphatic carbocycles. The molecule has 14 heavy (non-hydrogen) atoms. The van der Waals surface area contributed by atoms with E-state index in [0.29, 0.717) is 0 Å². The first-order valence-corrected chi connectivity index (χ1v) is 5.45. The second-order valence-corrected chi connectivity index (χ2v) is 6.73. The molecule has 0 amide bonds. The monoisotopic (exact) mass is 235 g/mol. The minimum absolute atomic E-state index is 0.0174. The molecule has 0 N–H and O–H groups in total. The van der Waals surface area contributed by atoms with Gasteiger partial charge in [0, 0.05) is 0 Å². The number of allylic oxidation sites excluding steroid dienone is 1. The van der Waals surface area contributed by atoms with Crippen LogP contribution in [0.1, 0.15) is 41.5 Å². The molecule has 0 radical (unpaired) electrons. The fourth-order valence-electron chi connectivity index (χ4n) is 1.09. The van der Waals surface area contributed by atoms with Crippen LogP contribution in [0.2, 0.25) is 0 Å². The van der Waals surface area contributed by atoms with E-state index in [0.717, 1.165) is 5.70 Å². The fourth-order valence-corrected chi connectivity index (χ4v) is 1.30. The summed E-state index contributed by atoms with van der Waals surface area (Å²) < 4.78 is -0.393. The van der Waals surface area contributed by atoms with Crippen LogP contribution in [0.3, 0.4) is 0 Å². The summed E-state index contributed by atoms with van der Waals surface area (Å²) in [5.74, 6) is 0. The average Bonchev–Trinajstić information content (AvgIpc) is 2.29. The van der Waals surface area contributed by atoms with Crippen LogP contribution in [-0.2, 0) is 16.0 Å². The first kappa shape index (κ1) is 11.9. The van der Waals surface area contributed by atoms with Crippen molar-refractivity contribution >= 4 is 0 Å². The van der Waals surface area contributed by atoms with E-state index < -0.39 is 4.44 Å². The summed E-state index contributed by atoms with van der Waals surface area (Å²) in [6, 6.07) is 0. The first-order valence-electron chi connectivity index (χ1n) is 4.90. The molecule has 0 fully saturated rings. The fraction of sp³-hybridized carbons (Fsp3) is 0.818. The van der Waals surface area contributed by atoms with Crippen LogP contribution in [0.4, 0.5) is 0 Å². The maximum absolute atomic E-state index is 4.31. The van der Waals surface area contributed by atoms with E-state index in [1.807, 2.05) is 0 Å². The maximum atomic E-state index is 4.31. The Labute approximate surface area is 95.1 Å². The summed E-state index contributed by atoms with van der Waals surface area (Å²) in [7, 11) is 0. The van der Waals surface area contributed by atoms with Crippen molar-refractivity contribution in [3.8, 4) is 0 Å². The molecule has 0 saturated heterocycles. The van der Waals surface area contributed by atoms with E-state index >= 15 is 0 Å². The molecule has 1 heterocycles. The van der Waals surface area contributed by atoms with Crippen molar-refractivity contribution in [3.05, 3.63) is 11.8 Å². The Balaban J connectivity index is 3.04. The predicted molar refractivity (Wildman–Crippen MR) is 54.6 cm³/mol. The van der Waals surface area contributed by atoms with E-state index in [2.05, 4.69) is 73.9 Å². The Bertz CT molecular complexity index is 291. The Hall–Kier alpha value is -0.141. The number of hydrogen-bond acceptors (Lipinski definition) is 2. The van der Waals surface area contributed by atoms with Gasteiger partial charge in [-0.15, -0.1) is 0 Å². The normalized spacial score (nSPS) is 28.1. The predicted octanol–water partition coefficient (Wildman–Crippen LogP) is 3.67. The zero-order valence-corrected chi connectivity index (χ0v) is 10.9. The molecule has 1 unspecified atom stereocenters. The number of nitrogens with zero attached hydrogens (tertiary/aromatic N) is 2. The molecule has 1 atom stereocenters. The first-order chi connectivity index (χ1) is 6.06. The zero-order chi connectivity index (χ0) is 11.2. The Morgan fingerprint density at radius 1 is 1.14 bits per heavy atom. The van der Waals surface area contributed by atoms with Gasteiger partial charge in [-0.2, -0.15) is 0 Å². The van der Waals surface area contributed by atoms with E-state index in [1.165, 1.54) is 0 Å². The van der Waals surface area contributed by atoms with Crippen LogP contribution in [0, 0.1) is 10.8 Å². The van der Waals surface area contributed by atoms with Crippen LogP contribution in [0.15, 0.2) is 22.0 Å². The van der Waals surface area contributed by atoms with Crippen molar-refractivity contribution in [2.75, 3.05) is 0 Å². The topological polar surface area (TPSA) is 24.7 Å². The quantitative estimate of drug-likeness (QED) is 0.572. The van der Waals surface area contributed by atoms with Gasteiger partial charge in [0.25, 0.3) is 0 Å². The van der Waals surface area contributed by atoms with E-state index in [-0.39, 0.29) is 10.8 Å². The molecule has 1 rings (SSSR count). The molecular weight excluding hydrogens is 216 g/mol. The zero-order valence-electron chi connectivity index (χ0n) is 9.83. The van der Waals surface area contributed by atoms with Gasteiger partial charge < -0.3 is 0 Å². The van der Waals surface area contributed by atoms with Crippen LogP contribution in [0.5, 0.6) is 0 Å². The van der Waals surface area contributed by atoms with Crippen molar-refractivity contribution in [2.45, 2.75) is 46.0 Å².